The van der Waals surface area contributed by atoms with Crippen LogP contribution in [0.2, 0.25) is 0 Å². The molecule has 2 aromatic heterocycles. The van der Waals surface area contributed by atoms with Gasteiger partial charge in [0.2, 0.25) is 5.91 Å². The maximum atomic E-state index is 13.2. The highest BCUT2D eigenvalue weighted by Gasteiger charge is 2.19. The van der Waals surface area contributed by atoms with Crippen molar-refractivity contribution in [2.24, 2.45) is 7.05 Å². The number of aryl methyl sites for hydroxylation is 2. The van der Waals surface area contributed by atoms with Crippen LogP contribution in [0.5, 0.6) is 5.75 Å². The van der Waals surface area contributed by atoms with Gasteiger partial charge in [-0.15, -0.1) is 0 Å². The molecule has 0 unspecified atom stereocenters. The minimum absolute atomic E-state index is 0.109. The summed E-state index contributed by atoms with van der Waals surface area (Å²) in [6.07, 6.45) is 1.50. The summed E-state index contributed by atoms with van der Waals surface area (Å²) in [6, 6.07) is 5.31. The molecule has 2 heterocycles. The van der Waals surface area contributed by atoms with Crippen LogP contribution in [0, 0.1) is 12.7 Å². The van der Waals surface area contributed by atoms with Crippen LogP contribution >= 0.6 is 0 Å². The molecule has 3 aromatic rings. The van der Waals surface area contributed by atoms with Gasteiger partial charge >= 0.3 is 5.69 Å². The van der Waals surface area contributed by atoms with Gasteiger partial charge in [-0.3, -0.25) is 14.2 Å². The van der Waals surface area contributed by atoms with Crippen LogP contribution in [0.15, 0.2) is 40.1 Å². The van der Waals surface area contributed by atoms with E-state index in [4.69, 9.17) is 4.74 Å². The number of carbonyl (C=O) groups excluding carboxylic acids is 1. The number of carbonyl (C=O) groups is 1. The third-order valence-electron chi connectivity index (χ3n) is 4.10. The van der Waals surface area contributed by atoms with Crippen molar-refractivity contribution in [3.8, 4) is 5.75 Å². The Morgan fingerprint density at radius 1 is 1.33 bits per heavy atom. The van der Waals surface area contributed by atoms with Crippen LogP contribution in [0.3, 0.4) is 0 Å². The largest absolute Gasteiger partial charge is 0.495 e. The average Bonchev–Trinajstić information content (AvgIpc) is 2.63. The third-order valence-corrected chi connectivity index (χ3v) is 4.10. The van der Waals surface area contributed by atoms with Gasteiger partial charge in [0.25, 0.3) is 5.56 Å². The number of rotatable bonds is 4. The summed E-state index contributed by atoms with van der Waals surface area (Å²) in [4.78, 5) is 41.8. The second kappa shape index (κ2) is 7.02. The number of nitrogens with one attached hydrogen (secondary N) is 1. The van der Waals surface area contributed by atoms with Crippen molar-refractivity contribution in [3.05, 3.63) is 62.7 Å². The number of pyridine rings is 1. The normalized spacial score (nSPS) is 10.8. The zero-order valence-electron chi connectivity index (χ0n) is 14.9. The molecule has 1 amide bonds. The lowest BCUT2D eigenvalue weighted by Gasteiger charge is -2.13. The van der Waals surface area contributed by atoms with E-state index in [-0.39, 0.29) is 16.7 Å². The molecule has 0 fully saturated rings. The van der Waals surface area contributed by atoms with Crippen molar-refractivity contribution in [1.82, 2.24) is 14.1 Å². The highest BCUT2D eigenvalue weighted by molar-refractivity contribution is 5.91. The molecule has 0 radical (unpaired) electrons. The maximum absolute atomic E-state index is 13.2. The number of methoxy groups -OCH3 is 1. The van der Waals surface area contributed by atoms with E-state index in [2.05, 4.69) is 10.3 Å². The number of ether oxygens (including phenoxy) is 1. The Labute approximate surface area is 152 Å². The number of aromatic nitrogens is 3. The van der Waals surface area contributed by atoms with E-state index in [0.717, 1.165) is 10.6 Å². The summed E-state index contributed by atoms with van der Waals surface area (Å²) in [5.41, 5.74) is -0.373. The summed E-state index contributed by atoms with van der Waals surface area (Å²) in [6.45, 7) is 1.19. The molecule has 1 aromatic carbocycles. The third kappa shape index (κ3) is 3.31. The number of fused-ring (bicyclic) bond motifs is 1. The lowest BCUT2D eigenvalue weighted by atomic mass is 10.2. The molecule has 0 spiro atoms. The fourth-order valence-electron chi connectivity index (χ4n) is 2.83. The van der Waals surface area contributed by atoms with Crippen molar-refractivity contribution in [2.45, 2.75) is 13.5 Å². The van der Waals surface area contributed by atoms with Crippen LogP contribution in [0.1, 0.15) is 5.56 Å². The van der Waals surface area contributed by atoms with E-state index < -0.39 is 29.5 Å². The lowest BCUT2D eigenvalue weighted by molar-refractivity contribution is -0.116. The second-order valence-electron chi connectivity index (χ2n) is 5.96. The first-order valence-corrected chi connectivity index (χ1v) is 8.02. The number of nitrogens with zero attached hydrogens (tertiary/aromatic N) is 3. The van der Waals surface area contributed by atoms with E-state index in [0.29, 0.717) is 11.3 Å². The Kier molecular flexibility index (Phi) is 4.76. The van der Waals surface area contributed by atoms with Crippen molar-refractivity contribution < 1.29 is 13.9 Å². The molecular weight excluding hydrogens is 355 g/mol. The van der Waals surface area contributed by atoms with E-state index in [1.54, 1.807) is 6.92 Å². The average molecular weight is 372 g/mol. The first-order valence-electron chi connectivity index (χ1n) is 8.02. The number of halogens is 1. The number of benzene rings is 1. The Bertz CT molecular complexity index is 1170. The van der Waals surface area contributed by atoms with Gasteiger partial charge in [0.05, 0.1) is 7.11 Å². The molecule has 9 heteroatoms. The SMILES string of the molecule is COc1c(C)cnc2c1c(=O)n(CC(=O)Nc1cccc(F)c1)c(=O)n2C. The summed E-state index contributed by atoms with van der Waals surface area (Å²) in [5, 5.41) is 2.57. The Morgan fingerprint density at radius 3 is 2.74 bits per heavy atom. The van der Waals surface area contributed by atoms with Crippen LogP contribution in [0.25, 0.3) is 11.0 Å². The van der Waals surface area contributed by atoms with Crippen LogP contribution in [0.4, 0.5) is 10.1 Å². The summed E-state index contributed by atoms with van der Waals surface area (Å²) in [7, 11) is 2.86. The first kappa shape index (κ1) is 18.3. The predicted octanol–water partition coefficient (Wildman–Crippen LogP) is 1.19. The van der Waals surface area contributed by atoms with Gasteiger partial charge in [0, 0.05) is 24.5 Å². The van der Waals surface area contributed by atoms with E-state index in [1.165, 1.54) is 43.1 Å². The molecule has 0 aliphatic carbocycles. The highest BCUT2D eigenvalue weighted by Crippen LogP contribution is 2.23. The number of anilines is 1. The summed E-state index contributed by atoms with van der Waals surface area (Å²) < 4.78 is 20.5. The molecule has 0 atom stereocenters. The highest BCUT2D eigenvalue weighted by atomic mass is 19.1. The van der Waals surface area contributed by atoms with Gasteiger partial charge in [-0.1, -0.05) is 6.07 Å². The first-order chi connectivity index (χ1) is 12.8. The smallest absolute Gasteiger partial charge is 0.332 e. The second-order valence-corrected chi connectivity index (χ2v) is 5.96. The van der Waals surface area contributed by atoms with Crippen LogP contribution in [-0.2, 0) is 18.4 Å². The monoisotopic (exact) mass is 372 g/mol. The summed E-state index contributed by atoms with van der Waals surface area (Å²) in [5.74, 6) is -0.864. The fourth-order valence-corrected chi connectivity index (χ4v) is 2.83. The van der Waals surface area contributed by atoms with Gasteiger partial charge in [-0.2, -0.15) is 0 Å². The van der Waals surface area contributed by atoms with E-state index in [9.17, 15) is 18.8 Å². The standard InChI is InChI=1S/C18H17FN4O4/c1-10-8-20-16-14(15(10)27-3)17(25)23(18(26)22(16)2)9-13(24)21-12-6-4-5-11(19)7-12/h4-8H,9H2,1-3H3,(H,21,24). The predicted molar refractivity (Wildman–Crippen MR) is 97.6 cm³/mol. The van der Waals surface area contributed by atoms with E-state index in [1.807, 2.05) is 0 Å². The molecule has 0 aliphatic rings. The zero-order valence-corrected chi connectivity index (χ0v) is 14.9. The minimum Gasteiger partial charge on any atom is -0.495 e. The van der Waals surface area contributed by atoms with Gasteiger partial charge in [0.15, 0.2) is 5.65 Å². The molecule has 8 nitrogen and oxygen atoms in total. The molecule has 1 N–H and O–H groups in total. The van der Waals surface area contributed by atoms with Gasteiger partial charge < -0.3 is 10.1 Å². The molecular formula is C18H17FN4O4. The maximum Gasteiger partial charge on any atom is 0.332 e. The number of hydrogen-bond acceptors (Lipinski definition) is 5. The number of hydrogen-bond donors (Lipinski definition) is 1. The van der Waals surface area contributed by atoms with E-state index >= 15 is 0 Å². The fraction of sp³-hybridized carbons (Fsp3) is 0.222. The van der Waals surface area contributed by atoms with Crippen LogP contribution in [-0.4, -0.2) is 27.1 Å². The van der Waals surface area contributed by atoms with Crippen molar-refractivity contribution in [2.75, 3.05) is 12.4 Å². The van der Waals surface area contributed by atoms with Crippen molar-refractivity contribution in [1.29, 1.82) is 0 Å². The molecule has 3 rings (SSSR count). The lowest BCUT2D eigenvalue weighted by Crippen LogP contribution is -2.42. The van der Waals surface area contributed by atoms with Gasteiger partial charge in [-0.05, 0) is 25.1 Å². The Balaban J connectivity index is 2.08. The molecule has 140 valence electrons. The number of amides is 1. The topological polar surface area (TPSA) is 95.2 Å². The van der Waals surface area contributed by atoms with Gasteiger partial charge in [-0.25, -0.2) is 18.7 Å². The molecule has 27 heavy (non-hydrogen) atoms. The summed E-state index contributed by atoms with van der Waals surface area (Å²) >= 11 is 0. The van der Waals surface area contributed by atoms with Crippen molar-refractivity contribution >= 4 is 22.6 Å². The van der Waals surface area contributed by atoms with Crippen LogP contribution < -0.4 is 21.3 Å². The molecule has 0 aliphatic heterocycles. The van der Waals surface area contributed by atoms with Gasteiger partial charge in [0.1, 0.15) is 23.5 Å². The quantitative estimate of drug-likeness (QED) is 0.742. The Hall–Kier alpha value is -3.49. The molecule has 0 saturated carbocycles. The van der Waals surface area contributed by atoms with Crippen molar-refractivity contribution in [3.63, 3.8) is 0 Å². The molecule has 0 saturated heterocycles. The minimum atomic E-state index is -0.694. The zero-order chi connectivity index (χ0) is 19.7. The molecule has 0 bridgehead atoms. The Morgan fingerprint density at radius 2 is 2.07 bits per heavy atom.